The summed E-state index contributed by atoms with van der Waals surface area (Å²) in [4.78, 5) is 23.2. The molecule has 5 heteroatoms. The van der Waals surface area contributed by atoms with E-state index in [1.54, 1.807) is 0 Å². The average Bonchev–Trinajstić information content (AvgIpc) is 2.19. The van der Waals surface area contributed by atoms with Gasteiger partial charge < -0.3 is 14.9 Å². The summed E-state index contributed by atoms with van der Waals surface area (Å²) in [5.74, 6) is 5.00. The van der Waals surface area contributed by atoms with Crippen LogP contribution in [0.3, 0.4) is 0 Å². The molecule has 0 fully saturated rings. The summed E-state index contributed by atoms with van der Waals surface area (Å²) < 4.78 is 0. The van der Waals surface area contributed by atoms with E-state index < -0.39 is 4.92 Å². The minimum absolute atomic E-state index is 0.150. The van der Waals surface area contributed by atoms with Crippen LogP contribution in [0, 0.1) is 22.0 Å². The van der Waals surface area contributed by atoms with Crippen molar-refractivity contribution >= 4 is 12.1 Å². The maximum atomic E-state index is 10.2. The number of pyridine rings is 1. The quantitative estimate of drug-likeness (QED) is 0.301. The molecule has 1 aromatic rings. The third kappa shape index (κ3) is 2.68. The van der Waals surface area contributed by atoms with Crippen LogP contribution < -0.4 is 0 Å². The van der Waals surface area contributed by atoms with Gasteiger partial charge in [-0.25, -0.2) is 0 Å². The van der Waals surface area contributed by atoms with E-state index in [0.717, 1.165) is 0 Å². The van der Waals surface area contributed by atoms with Gasteiger partial charge >= 0.3 is 5.82 Å². The number of nitrogens with zero attached hydrogens (tertiary/aromatic N) is 2. The van der Waals surface area contributed by atoms with Crippen molar-refractivity contribution in [1.29, 1.82) is 0 Å². The van der Waals surface area contributed by atoms with Crippen molar-refractivity contribution < 1.29 is 9.72 Å². The van der Waals surface area contributed by atoms with Gasteiger partial charge in [-0.2, -0.15) is 0 Å². The van der Waals surface area contributed by atoms with Crippen molar-refractivity contribution in [2.24, 2.45) is 0 Å². The third-order valence-corrected chi connectivity index (χ3v) is 1.35. The molecular formula is C9H6N2O3. The Morgan fingerprint density at radius 1 is 1.57 bits per heavy atom. The van der Waals surface area contributed by atoms with E-state index in [-0.39, 0.29) is 12.2 Å². The van der Waals surface area contributed by atoms with Crippen molar-refractivity contribution in [2.45, 2.75) is 6.42 Å². The van der Waals surface area contributed by atoms with Gasteiger partial charge in [0.1, 0.15) is 6.29 Å². The molecule has 0 bridgehead atoms. The molecule has 0 spiro atoms. The SMILES string of the molecule is O=CCC#Cc1ccc([N+](=O)[O-])nc1. The zero-order chi connectivity index (χ0) is 10.4. The van der Waals surface area contributed by atoms with E-state index in [0.29, 0.717) is 11.8 Å². The fourth-order valence-electron chi connectivity index (χ4n) is 0.763. The lowest BCUT2D eigenvalue weighted by Crippen LogP contribution is -1.91. The number of carbonyl (C=O) groups excluding carboxylic acids is 1. The maximum Gasteiger partial charge on any atom is 0.363 e. The lowest BCUT2D eigenvalue weighted by atomic mass is 10.3. The van der Waals surface area contributed by atoms with Crippen LogP contribution in [0.15, 0.2) is 18.3 Å². The zero-order valence-electron chi connectivity index (χ0n) is 7.14. The lowest BCUT2D eigenvalue weighted by molar-refractivity contribution is -0.389. The number of nitro groups is 1. The zero-order valence-corrected chi connectivity index (χ0v) is 7.14. The van der Waals surface area contributed by atoms with Gasteiger partial charge in [0.15, 0.2) is 6.20 Å². The second-order valence-corrected chi connectivity index (χ2v) is 2.33. The van der Waals surface area contributed by atoms with E-state index in [1.807, 2.05) is 0 Å². The van der Waals surface area contributed by atoms with Crippen LogP contribution in [0.5, 0.6) is 0 Å². The van der Waals surface area contributed by atoms with Gasteiger partial charge in [-0.05, 0) is 16.0 Å². The Morgan fingerprint density at radius 3 is 2.86 bits per heavy atom. The van der Waals surface area contributed by atoms with E-state index in [4.69, 9.17) is 0 Å². The Morgan fingerprint density at radius 2 is 2.36 bits per heavy atom. The third-order valence-electron chi connectivity index (χ3n) is 1.35. The Hall–Kier alpha value is -2.22. The average molecular weight is 190 g/mol. The van der Waals surface area contributed by atoms with Gasteiger partial charge in [-0.15, -0.1) is 0 Å². The predicted molar refractivity (Wildman–Crippen MR) is 48.5 cm³/mol. The fourth-order valence-corrected chi connectivity index (χ4v) is 0.763. The number of carbonyl (C=O) groups is 1. The van der Waals surface area contributed by atoms with Gasteiger partial charge in [-0.3, -0.25) is 0 Å². The lowest BCUT2D eigenvalue weighted by Gasteiger charge is -1.89. The molecule has 0 radical (unpaired) electrons. The van der Waals surface area contributed by atoms with Crippen LogP contribution >= 0.6 is 0 Å². The molecule has 0 saturated heterocycles. The smallest absolute Gasteiger partial charge is 0.358 e. The molecule has 0 aliphatic heterocycles. The topological polar surface area (TPSA) is 73.1 Å². The number of hydrogen-bond donors (Lipinski definition) is 0. The number of hydrogen-bond acceptors (Lipinski definition) is 4. The summed E-state index contributed by atoms with van der Waals surface area (Å²) in [5, 5.41) is 10.2. The molecule has 5 nitrogen and oxygen atoms in total. The van der Waals surface area contributed by atoms with E-state index >= 15 is 0 Å². The highest BCUT2D eigenvalue weighted by molar-refractivity contribution is 5.54. The molecule has 0 aliphatic carbocycles. The second-order valence-electron chi connectivity index (χ2n) is 2.33. The molecule has 0 N–H and O–H groups in total. The largest absolute Gasteiger partial charge is 0.363 e. The van der Waals surface area contributed by atoms with Crippen molar-refractivity contribution in [3.63, 3.8) is 0 Å². The fraction of sp³-hybridized carbons (Fsp3) is 0.111. The Balaban J connectivity index is 2.80. The molecule has 0 aromatic carbocycles. The minimum atomic E-state index is -0.581. The van der Waals surface area contributed by atoms with Gasteiger partial charge in [0.2, 0.25) is 0 Å². The Labute approximate surface area is 79.9 Å². The first kappa shape index (κ1) is 9.86. The summed E-state index contributed by atoms with van der Waals surface area (Å²) >= 11 is 0. The summed E-state index contributed by atoms with van der Waals surface area (Å²) in [6.45, 7) is 0. The van der Waals surface area contributed by atoms with Crippen LogP contribution in [-0.2, 0) is 4.79 Å². The minimum Gasteiger partial charge on any atom is -0.358 e. The van der Waals surface area contributed by atoms with Crippen molar-refractivity contribution in [3.8, 4) is 11.8 Å². The highest BCUT2D eigenvalue weighted by Crippen LogP contribution is 2.05. The molecule has 14 heavy (non-hydrogen) atoms. The molecular weight excluding hydrogens is 184 g/mol. The Bertz CT molecular complexity index is 400. The Kier molecular flexibility index (Phi) is 3.33. The predicted octanol–water partition coefficient (Wildman–Crippen LogP) is 0.930. The first-order valence-corrected chi connectivity index (χ1v) is 3.77. The molecule has 1 heterocycles. The first-order chi connectivity index (χ1) is 6.74. The van der Waals surface area contributed by atoms with E-state index in [1.165, 1.54) is 18.3 Å². The normalized spacial score (nSPS) is 8.57. The number of rotatable bonds is 2. The summed E-state index contributed by atoms with van der Waals surface area (Å²) in [6, 6.07) is 2.76. The van der Waals surface area contributed by atoms with Crippen LogP contribution in [0.2, 0.25) is 0 Å². The van der Waals surface area contributed by atoms with Gasteiger partial charge in [0, 0.05) is 6.07 Å². The van der Waals surface area contributed by atoms with E-state index in [9.17, 15) is 14.9 Å². The second kappa shape index (κ2) is 4.72. The van der Waals surface area contributed by atoms with E-state index in [2.05, 4.69) is 16.8 Å². The van der Waals surface area contributed by atoms with Crippen LogP contribution in [0.25, 0.3) is 0 Å². The first-order valence-electron chi connectivity index (χ1n) is 3.77. The van der Waals surface area contributed by atoms with Crippen LogP contribution in [0.1, 0.15) is 12.0 Å². The summed E-state index contributed by atoms with van der Waals surface area (Å²) in [7, 11) is 0. The van der Waals surface area contributed by atoms with Gasteiger partial charge in [-0.1, -0.05) is 11.8 Å². The van der Waals surface area contributed by atoms with Gasteiger partial charge in [0.05, 0.1) is 12.0 Å². The molecule has 0 amide bonds. The van der Waals surface area contributed by atoms with Gasteiger partial charge in [0.25, 0.3) is 0 Å². The molecule has 1 aromatic heterocycles. The monoisotopic (exact) mass is 190 g/mol. The summed E-state index contributed by atoms with van der Waals surface area (Å²) in [5.41, 5.74) is 0.553. The molecule has 0 unspecified atom stereocenters. The van der Waals surface area contributed by atoms with Crippen molar-refractivity contribution in [1.82, 2.24) is 4.98 Å². The van der Waals surface area contributed by atoms with Crippen molar-refractivity contribution in [3.05, 3.63) is 34.0 Å². The maximum absolute atomic E-state index is 10.2. The molecule has 70 valence electrons. The van der Waals surface area contributed by atoms with Crippen LogP contribution in [0.4, 0.5) is 5.82 Å². The molecule has 0 aliphatic rings. The summed E-state index contributed by atoms with van der Waals surface area (Å²) in [6.07, 6.45) is 2.14. The number of aromatic nitrogens is 1. The standard InChI is InChI=1S/C9H6N2O3/c12-6-2-1-3-8-4-5-9(10-7-8)11(13)14/h4-7H,2H2. The number of aldehydes is 1. The van der Waals surface area contributed by atoms with Crippen LogP contribution in [-0.4, -0.2) is 16.2 Å². The highest BCUT2D eigenvalue weighted by Gasteiger charge is 2.04. The van der Waals surface area contributed by atoms with Crippen molar-refractivity contribution in [2.75, 3.05) is 0 Å². The highest BCUT2D eigenvalue weighted by atomic mass is 16.6. The molecule has 0 saturated carbocycles. The molecule has 1 rings (SSSR count). The molecule has 0 atom stereocenters.